The predicted octanol–water partition coefficient (Wildman–Crippen LogP) is 1.73. The molecule has 3 rings (SSSR count). The van der Waals surface area contributed by atoms with Crippen molar-refractivity contribution in [3.05, 3.63) is 27.3 Å². The molecular weight excluding hydrogens is 310 g/mol. The van der Waals surface area contributed by atoms with Crippen LogP contribution in [0, 0.1) is 4.91 Å². The van der Waals surface area contributed by atoms with Gasteiger partial charge >= 0.3 is 0 Å². The topological polar surface area (TPSA) is 78.8 Å². The number of thiophene rings is 1. The van der Waals surface area contributed by atoms with Crippen LogP contribution in [0.15, 0.2) is 22.7 Å². The van der Waals surface area contributed by atoms with Crippen molar-refractivity contribution >= 4 is 34.9 Å². The largest absolute Gasteiger partial charge is 0.339 e. The summed E-state index contributed by atoms with van der Waals surface area (Å²) >= 11 is 2.97. The number of fused-ring (bicyclic) bond motifs is 1. The molecule has 1 aromatic heterocycles. The lowest BCUT2D eigenvalue weighted by Gasteiger charge is -2.41. The van der Waals surface area contributed by atoms with Crippen molar-refractivity contribution in [3.63, 3.8) is 0 Å². The monoisotopic (exact) mass is 325 g/mol. The third kappa shape index (κ3) is 2.46. The van der Waals surface area contributed by atoms with Crippen molar-refractivity contribution < 1.29 is 9.59 Å². The number of β-lactam (4-membered cyclic amide) rings is 1. The molecule has 3 heterocycles. The molecule has 2 saturated heterocycles. The van der Waals surface area contributed by atoms with Crippen molar-refractivity contribution in [2.24, 2.45) is 5.18 Å². The molecule has 112 valence electrons. The summed E-state index contributed by atoms with van der Waals surface area (Å²) in [6.45, 7) is 4.83. The SMILES string of the molecule is CC1(C)CN2C(=O)[C@@H](NC(=O)C(N=O)c3cccs3)[C@@H]2S1. The number of carbonyl (C=O) groups is 2. The lowest BCUT2D eigenvalue weighted by atomic mass is 10.0. The van der Waals surface area contributed by atoms with Crippen LogP contribution in [0.2, 0.25) is 0 Å². The molecule has 3 atom stereocenters. The summed E-state index contributed by atoms with van der Waals surface area (Å²) in [4.78, 5) is 37.5. The summed E-state index contributed by atoms with van der Waals surface area (Å²) in [6, 6.07) is 1.83. The van der Waals surface area contributed by atoms with E-state index in [1.165, 1.54) is 11.3 Å². The van der Waals surface area contributed by atoms with Crippen LogP contribution in [-0.2, 0) is 9.59 Å². The number of nitrogens with one attached hydrogen (secondary N) is 1. The van der Waals surface area contributed by atoms with E-state index < -0.39 is 18.0 Å². The molecular formula is C13H15N3O3S2. The van der Waals surface area contributed by atoms with Gasteiger partial charge in [-0.15, -0.1) is 28.0 Å². The van der Waals surface area contributed by atoms with Crippen LogP contribution in [0.3, 0.4) is 0 Å². The van der Waals surface area contributed by atoms with E-state index in [4.69, 9.17) is 0 Å². The van der Waals surface area contributed by atoms with Gasteiger partial charge in [-0.1, -0.05) is 11.2 Å². The van der Waals surface area contributed by atoms with Gasteiger partial charge in [0.25, 0.3) is 5.91 Å². The number of carbonyl (C=O) groups excluding carboxylic acids is 2. The average Bonchev–Trinajstić information content (AvgIpc) is 3.04. The Bertz CT molecular complexity index is 587. The molecule has 0 bridgehead atoms. The highest BCUT2D eigenvalue weighted by molar-refractivity contribution is 8.01. The highest BCUT2D eigenvalue weighted by atomic mass is 32.2. The second-order valence-corrected chi connectivity index (χ2v) is 8.55. The Morgan fingerprint density at radius 2 is 2.33 bits per heavy atom. The fraction of sp³-hybridized carbons (Fsp3) is 0.538. The number of nitroso groups, excluding NO2 is 1. The summed E-state index contributed by atoms with van der Waals surface area (Å²) in [5.74, 6) is -0.585. The summed E-state index contributed by atoms with van der Waals surface area (Å²) in [7, 11) is 0. The first-order valence-corrected chi connectivity index (χ1v) is 8.33. The second kappa shape index (κ2) is 5.10. The standard InChI is InChI=1S/C13H15N3O3S2/c1-13(2)6-16-11(18)9(12(16)21-13)14-10(17)8(15-19)7-4-3-5-20-7/h3-5,8-9,12H,6H2,1-2H3,(H,14,17)/t8?,9-,12+/m1/s1. The molecule has 0 aromatic carbocycles. The van der Waals surface area contributed by atoms with Gasteiger partial charge in [-0.05, 0) is 25.3 Å². The zero-order valence-electron chi connectivity index (χ0n) is 11.6. The molecule has 0 radical (unpaired) electrons. The van der Waals surface area contributed by atoms with Crippen LogP contribution in [0.1, 0.15) is 24.8 Å². The smallest absolute Gasteiger partial charge is 0.254 e. The summed E-state index contributed by atoms with van der Waals surface area (Å²) in [5, 5.41) is 7.32. The minimum atomic E-state index is -1.08. The van der Waals surface area contributed by atoms with Crippen LogP contribution >= 0.6 is 23.1 Å². The molecule has 21 heavy (non-hydrogen) atoms. The normalized spacial score (nSPS) is 27.7. The Labute approximate surface area is 130 Å². The molecule has 1 N–H and O–H groups in total. The maximum Gasteiger partial charge on any atom is 0.254 e. The first-order chi connectivity index (χ1) is 9.93. The van der Waals surface area contributed by atoms with Gasteiger partial charge < -0.3 is 10.2 Å². The first-order valence-electron chi connectivity index (χ1n) is 6.57. The van der Waals surface area contributed by atoms with E-state index in [1.807, 2.05) is 0 Å². The van der Waals surface area contributed by atoms with E-state index in [0.29, 0.717) is 11.4 Å². The van der Waals surface area contributed by atoms with E-state index in [9.17, 15) is 14.5 Å². The Morgan fingerprint density at radius 3 is 2.95 bits per heavy atom. The average molecular weight is 325 g/mol. The van der Waals surface area contributed by atoms with Crippen LogP contribution < -0.4 is 5.32 Å². The Kier molecular flexibility index (Phi) is 3.53. The van der Waals surface area contributed by atoms with Gasteiger partial charge in [0, 0.05) is 16.2 Å². The summed E-state index contributed by atoms with van der Waals surface area (Å²) in [6.07, 6.45) is 0. The molecule has 2 aliphatic heterocycles. The molecule has 2 amide bonds. The fourth-order valence-corrected chi connectivity index (χ4v) is 4.88. The lowest BCUT2D eigenvalue weighted by Crippen LogP contribution is -2.67. The zero-order valence-corrected chi connectivity index (χ0v) is 13.2. The summed E-state index contributed by atoms with van der Waals surface area (Å²) in [5.41, 5.74) is 0. The number of hydrogen-bond donors (Lipinski definition) is 1. The minimum absolute atomic E-state index is 0.00410. The molecule has 8 heteroatoms. The first kappa shape index (κ1) is 14.5. The Morgan fingerprint density at radius 1 is 1.57 bits per heavy atom. The maximum atomic E-state index is 12.2. The van der Waals surface area contributed by atoms with Crippen LogP contribution in [0.5, 0.6) is 0 Å². The number of hydrogen-bond acceptors (Lipinski definition) is 6. The quantitative estimate of drug-likeness (QED) is 0.675. The predicted molar refractivity (Wildman–Crippen MR) is 82.0 cm³/mol. The molecule has 0 spiro atoms. The van der Waals surface area contributed by atoms with Gasteiger partial charge in [0.15, 0.2) is 0 Å². The van der Waals surface area contributed by atoms with Crippen molar-refractivity contribution in [2.75, 3.05) is 6.54 Å². The van der Waals surface area contributed by atoms with Gasteiger partial charge in [0.05, 0.1) is 0 Å². The number of amides is 2. The van der Waals surface area contributed by atoms with Gasteiger partial charge in [0.1, 0.15) is 11.4 Å². The molecule has 2 aliphatic rings. The Balaban J connectivity index is 1.68. The van der Waals surface area contributed by atoms with Crippen molar-refractivity contribution in [2.45, 2.75) is 36.1 Å². The van der Waals surface area contributed by atoms with Gasteiger partial charge in [0.2, 0.25) is 11.9 Å². The minimum Gasteiger partial charge on any atom is -0.339 e. The highest BCUT2D eigenvalue weighted by Gasteiger charge is 2.56. The molecule has 0 saturated carbocycles. The zero-order chi connectivity index (χ0) is 15.2. The van der Waals surface area contributed by atoms with Crippen molar-refractivity contribution in [1.29, 1.82) is 0 Å². The second-order valence-electron chi connectivity index (χ2n) is 5.74. The van der Waals surface area contributed by atoms with Crippen molar-refractivity contribution in [3.8, 4) is 0 Å². The van der Waals surface area contributed by atoms with E-state index in [1.54, 1.807) is 34.2 Å². The molecule has 0 aliphatic carbocycles. The fourth-order valence-electron chi connectivity index (χ4n) is 2.64. The maximum absolute atomic E-state index is 12.2. The van der Waals surface area contributed by atoms with Crippen molar-refractivity contribution in [1.82, 2.24) is 10.2 Å². The van der Waals surface area contributed by atoms with E-state index in [2.05, 4.69) is 24.3 Å². The van der Waals surface area contributed by atoms with E-state index in [0.717, 1.165) is 0 Å². The third-order valence-electron chi connectivity index (χ3n) is 3.60. The molecule has 1 unspecified atom stereocenters. The Hall–Kier alpha value is -1.41. The number of thioether (sulfide) groups is 1. The van der Waals surface area contributed by atoms with Crippen LogP contribution in [0.25, 0.3) is 0 Å². The highest BCUT2D eigenvalue weighted by Crippen LogP contribution is 2.46. The number of rotatable bonds is 4. The lowest BCUT2D eigenvalue weighted by molar-refractivity contribution is -0.148. The van der Waals surface area contributed by atoms with Gasteiger partial charge in [-0.25, -0.2) is 0 Å². The van der Waals surface area contributed by atoms with Gasteiger partial charge in [-0.3, -0.25) is 9.59 Å². The molecule has 1 aromatic rings. The third-order valence-corrected chi connectivity index (χ3v) is 6.06. The summed E-state index contributed by atoms with van der Waals surface area (Å²) < 4.78 is -0.00410. The van der Waals surface area contributed by atoms with E-state index in [-0.39, 0.29) is 16.0 Å². The number of nitrogens with zero attached hydrogens (tertiary/aromatic N) is 2. The molecule has 6 nitrogen and oxygen atoms in total. The van der Waals surface area contributed by atoms with E-state index >= 15 is 0 Å². The van der Waals surface area contributed by atoms with Crippen LogP contribution in [0.4, 0.5) is 0 Å². The van der Waals surface area contributed by atoms with Crippen LogP contribution in [-0.4, -0.2) is 39.4 Å². The molecule has 2 fully saturated rings. The van der Waals surface area contributed by atoms with Gasteiger partial charge in [-0.2, -0.15) is 0 Å².